The fourth-order valence-corrected chi connectivity index (χ4v) is 4.16. The van der Waals surface area contributed by atoms with Crippen LogP contribution in [0.3, 0.4) is 0 Å². The lowest BCUT2D eigenvalue weighted by molar-refractivity contribution is 0.175. The quantitative estimate of drug-likeness (QED) is 0.738. The number of hydrogen-bond acceptors (Lipinski definition) is 2. The molecule has 27 heavy (non-hydrogen) atoms. The van der Waals surface area contributed by atoms with Crippen LogP contribution in [0.25, 0.3) is 11.1 Å². The second kappa shape index (κ2) is 7.26. The van der Waals surface area contributed by atoms with Gasteiger partial charge >= 0.3 is 6.09 Å². The summed E-state index contributed by atoms with van der Waals surface area (Å²) < 4.78 is 5.67. The van der Waals surface area contributed by atoms with Gasteiger partial charge in [0.1, 0.15) is 5.75 Å². The molecule has 0 spiro atoms. The Hall–Kier alpha value is -2.49. The monoisotopic (exact) mass is 367 g/mol. The average Bonchev–Trinajstić information content (AvgIpc) is 2.83. The Morgan fingerprint density at radius 1 is 1.26 bits per heavy atom. The van der Waals surface area contributed by atoms with Crippen LogP contribution in [0.1, 0.15) is 50.4 Å². The molecule has 2 N–H and O–H groups in total. The second-order valence-corrected chi connectivity index (χ2v) is 8.59. The van der Waals surface area contributed by atoms with Gasteiger partial charge in [-0.05, 0) is 58.6 Å². The molecule has 0 saturated carbocycles. The first kappa shape index (κ1) is 19.3. The van der Waals surface area contributed by atoms with Crippen molar-refractivity contribution in [1.82, 2.24) is 5.32 Å². The van der Waals surface area contributed by atoms with Crippen molar-refractivity contribution in [3.8, 4) is 16.9 Å². The summed E-state index contributed by atoms with van der Waals surface area (Å²) in [5.74, 6) is 1.41. The molecule has 2 aromatic carbocycles. The smallest absolute Gasteiger partial charge is 0.405 e. The number of hydrogen-bond donors (Lipinski definition) is 2. The van der Waals surface area contributed by atoms with Gasteiger partial charge in [0.15, 0.2) is 0 Å². The Morgan fingerprint density at radius 3 is 2.48 bits per heavy atom. The highest BCUT2D eigenvalue weighted by molar-refractivity contribution is 5.74. The first-order valence-electron chi connectivity index (χ1n) is 9.51. The van der Waals surface area contributed by atoms with Gasteiger partial charge in [-0.2, -0.15) is 0 Å². The molecule has 1 unspecified atom stereocenters. The van der Waals surface area contributed by atoms with E-state index in [-0.39, 0.29) is 11.5 Å². The number of rotatable bonds is 5. The fraction of sp³-hybridized carbons (Fsp3) is 0.435. The third-order valence-electron chi connectivity index (χ3n) is 5.38. The summed E-state index contributed by atoms with van der Waals surface area (Å²) in [6.45, 7) is 8.64. The molecule has 2 aromatic rings. The van der Waals surface area contributed by atoms with Gasteiger partial charge in [-0.1, -0.05) is 52.0 Å². The summed E-state index contributed by atoms with van der Waals surface area (Å²) in [5, 5.41) is 11.9. The van der Waals surface area contributed by atoms with Crippen LogP contribution in [0.4, 0.5) is 4.79 Å². The molecule has 0 heterocycles. The number of amides is 1. The Labute approximate surface area is 161 Å². The van der Waals surface area contributed by atoms with E-state index in [9.17, 15) is 9.90 Å². The van der Waals surface area contributed by atoms with Gasteiger partial charge in [0, 0.05) is 5.56 Å². The van der Waals surface area contributed by atoms with Crippen molar-refractivity contribution in [3.63, 3.8) is 0 Å². The molecular formula is C23H29NO3. The maximum absolute atomic E-state index is 11.3. The van der Waals surface area contributed by atoms with E-state index >= 15 is 0 Å². The fourth-order valence-electron chi connectivity index (χ4n) is 4.16. The largest absolute Gasteiger partial charge is 0.496 e. The average molecular weight is 367 g/mol. The van der Waals surface area contributed by atoms with Crippen molar-refractivity contribution in [2.75, 3.05) is 7.11 Å². The highest BCUT2D eigenvalue weighted by Gasteiger charge is 2.40. The zero-order chi connectivity index (χ0) is 19.8. The molecule has 1 amide bonds. The standard InChI is InChI=1S/C23H29NO3/c1-14(2)10-15-6-8-16(9-7-15)18-11-17-13-23(3,4)21(24-22(25)26)19(17)12-20(18)27-5/h6-9,11-12,14,21,24H,10,13H2,1-5H3,(H,25,26). The predicted molar refractivity (Wildman–Crippen MR) is 108 cm³/mol. The lowest BCUT2D eigenvalue weighted by Gasteiger charge is -2.27. The molecule has 4 heteroatoms. The number of carbonyl (C=O) groups is 1. The van der Waals surface area contributed by atoms with E-state index in [2.05, 4.69) is 63.3 Å². The van der Waals surface area contributed by atoms with E-state index in [1.54, 1.807) is 7.11 Å². The van der Waals surface area contributed by atoms with Gasteiger partial charge in [-0.3, -0.25) is 0 Å². The number of ether oxygens (including phenoxy) is 1. The molecular weight excluding hydrogens is 338 g/mol. The third kappa shape index (κ3) is 3.95. The summed E-state index contributed by atoms with van der Waals surface area (Å²) in [5.41, 5.74) is 5.53. The topological polar surface area (TPSA) is 58.6 Å². The van der Waals surface area contributed by atoms with Gasteiger partial charge in [0.05, 0.1) is 13.2 Å². The van der Waals surface area contributed by atoms with Gasteiger partial charge in [0.25, 0.3) is 0 Å². The van der Waals surface area contributed by atoms with Crippen molar-refractivity contribution < 1.29 is 14.6 Å². The van der Waals surface area contributed by atoms with Gasteiger partial charge in [0.2, 0.25) is 0 Å². The molecule has 1 atom stereocenters. The first-order valence-corrected chi connectivity index (χ1v) is 9.51. The lowest BCUT2D eigenvalue weighted by atomic mass is 9.85. The van der Waals surface area contributed by atoms with Crippen LogP contribution in [-0.4, -0.2) is 18.3 Å². The molecule has 0 saturated heterocycles. The van der Waals surface area contributed by atoms with E-state index in [4.69, 9.17) is 4.74 Å². The summed E-state index contributed by atoms with van der Waals surface area (Å²) in [7, 11) is 1.66. The molecule has 4 nitrogen and oxygen atoms in total. The highest BCUT2D eigenvalue weighted by Crippen LogP contribution is 2.48. The Kier molecular flexibility index (Phi) is 5.18. The predicted octanol–water partition coefficient (Wildman–Crippen LogP) is 5.45. The molecule has 1 aliphatic rings. The number of carboxylic acid groups (broad SMARTS) is 1. The van der Waals surface area contributed by atoms with Crippen LogP contribution in [0.2, 0.25) is 0 Å². The molecule has 0 radical (unpaired) electrons. The minimum absolute atomic E-state index is 0.175. The maximum atomic E-state index is 11.3. The van der Waals surface area contributed by atoms with Crippen molar-refractivity contribution in [2.24, 2.45) is 11.3 Å². The van der Waals surface area contributed by atoms with E-state index in [1.165, 1.54) is 11.1 Å². The molecule has 0 fully saturated rings. The zero-order valence-electron chi connectivity index (χ0n) is 16.8. The number of fused-ring (bicyclic) bond motifs is 1. The Balaban J connectivity index is 2.01. The maximum Gasteiger partial charge on any atom is 0.405 e. The molecule has 0 aliphatic heterocycles. The Bertz CT molecular complexity index is 837. The Morgan fingerprint density at radius 2 is 1.93 bits per heavy atom. The minimum atomic E-state index is -0.996. The van der Waals surface area contributed by atoms with E-state index in [0.717, 1.165) is 35.3 Å². The summed E-state index contributed by atoms with van der Waals surface area (Å²) in [4.78, 5) is 11.3. The lowest BCUT2D eigenvalue weighted by Crippen LogP contribution is -2.34. The van der Waals surface area contributed by atoms with Crippen molar-refractivity contribution in [1.29, 1.82) is 0 Å². The van der Waals surface area contributed by atoms with Crippen LogP contribution >= 0.6 is 0 Å². The summed E-state index contributed by atoms with van der Waals surface area (Å²) in [6, 6.07) is 12.6. The normalized spacial score (nSPS) is 17.6. The van der Waals surface area contributed by atoms with Crippen molar-refractivity contribution in [2.45, 2.75) is 46.6 Å². The SMILES string of the molecule is COc1cc2c(cc1-c1ccc(CC(C)C)cc1)CC(C)(C)C2NC(=O)O. The first-order chi connectivity index (χ1) is 12.7. The van der Waals surface area contributed by atoms with Crippen molar-refractivity contribution in [3.05, 3.63) is 53.1 Å². The zero-order valence-corrected chi connectivity index (χ0v) is 16.8. The summed E-state index contributed by atoms with van der Waals surface area (Å²) in [6.07, 6.45) is 0.901. The van der Waals surface area contributed by atoms with Crippen molar-refractivity contribution >= 4 is 6.09 Å². The third-order valence-corrected chi connectivity index (χ3v) is 5.38. The molecule has 0 aromatic heterocycles. The van der Waals surface area contributed by atoms with E-state index in [1.807, 2.05) is 6.07 Å². The van der Waals surface area contributed by atoms with E-state index < -0.39 is 6.09 Å². The molecule has 0 bridgehead atoms. The molecule has 3 rings (SSSR count). The minimum Gasteiger partial charge on any atom is -0.496 e. The van der Waals surface area contributed by atoms with Crippen LogP contribution in [0.15, 0.2) is 36.4 Å². The summed E-state index contributed by atoms with van der Waals surface area (Å²) >= 11 is 0. The van der Waals surface area contributed by atoms with Crippen LogP contribution < -0.4 is 10.1 Å². The molecule has 1 aliphatic carbocycles. The highest BCUT2D eigenvalue weighted by atomic mass is 16.5. The van der Waals surface area contributed by atoms with Gasteiger partial charge in [-0.15, -0.1) is 0 Å². The van der Waals surface area contributed by atoms with Crippen LogP contribution in [0.5, 0.6) is 5.75 Å². The number of methoxy groups -OCH3 is 1. The molecule has 144 valence electrons. The van der Waals surface area contributed by atoms with Crippen LogP contribution in [-0.2, 0) is 12.8 Å². The van der Waals surface area contributed by atoms with Gasteiger partial charge < -0.3 is 15.2 Å². The second-order valence-electron chi connectivity index (χ2n) is 8.59. The number of benzene rings is 2. The van der Waals surface area contributed by atoms with Gasteiger partial charge in [-0.25, -0.2) is 4.79 Å². The number of nitrogens with one attached hydrogen (secondary N) is 1. The van der Waals surface area contributed by atoms with Crippen LogP contribution in [0, 0.1) is 11.3 Å². The van der Waals surface area contributed by atoms with E-state index in [0.29, 0.717) is 5.92 Å².